The summed E-state index contributed by atoms with van der Waals surface area (Å²) in [6.07, 6.45) is 2.52. The van der Waals surface area contributed by atoms with Crippen LogP contribution >= 0.6 is 11.6 Å². The smallest absolute Gasteiger partial charge is 0.335 e. The number of aromatic carboxylic acids is 1. The Morgan fingerprint density at radius 3 is 2.95 bits per heavy atom. The van der Waals surface area contributed by atoms with Gasteiger partial charge in [0, 0.05) is 23.2 Å². The second kappa shape index (κ2) is 3.84. The van der Waals surface area contributed by atoms with Gasteiger partial charge in [-0.15, -0.1) is 0 Å². The van der Waals surface area contributed by atoms with E-state index >= 15 is 0 Å². The Balaban J connectivity index is 1.96. The number of imidazole rings is 1. The van der Waals surface area contributed by atoms with Gasteiger partial charge in [-0.25, -0.2) is 9.78 Å². The zero-order valence-electron chi connectivity index (χ0n) is 10.3. The molecule has 0 unspecified atom stereocenters. The molecule has 2 aromatic heterocycles. The van der Waals surface area contributed by atoms with Crippen LogP contribution in [0.15, 0.2) is 36.5 Å². The van der Waals surface area contributed by atoms with Gasteiger partial charge in [0.25, 0.3) is 0 Å². The lowest BCUT2D eigenvalue weighted by Crippen LogP contribution is -1.99. The van der Waals surface area contributed by atoms with Gasteiger partial charge in [0.1, 0.15) is 5.65 Å². The molecule has 0 fully saturated rings. The molecule has 0 saturated heterocycles. The van der Waals surface area contributed by atoms with Crippen LogP contribution in [0.25, 0.3) is 16.9 Å². The molecule has 1 aliphatic rings. The predicted molar refractivity (Wildman–Crippen MR) is 75.4 cm³/mol. The fourth-order valence-corrected chi connectivity index (χ4v) is 2.93. The zero-order chi connectivity index (χ0) is 13.9. The van der Waals surface area contributed by atoms with Crippen LogP contribution in [-0.4, -0.2) is 20.5 Å². The lowest BCUT2D eigenvalue weighted by molar-refractivity contribution is 0.0697. The van der Waals surface area contributed by atoms with Crippen molar-refractivity contribution in [1.29, 1.82) is 0 Å². The van der Waals surface area contributed by atoms with E-state index in [1.807, 2.05) is 22.6 Å². The molecular weight excluding hydrogens is 276 g/mol. The summed E-state index contributed by atoms with van der Waals surface area (Å²) in [4.78, 5) is 15.6. The molecule has 20 heavy (non-hydrogen) atoms. The average Bonchev–Trinajstić information content (AvgIpc) is 2.92. The summed E-state index contributed by atoms with van der Waals surface area (Å²) < 4.78 is 1.94. The third-order valence-corrected chi connectivity index (χ3v) is 3.89. The summed E-state index contributed by atoms with van der Waals surface area (Å²) in [6, 6.07) is 8.95. The number of carboxylic acids is 1. The molecule has 0 saturated carbocycles. The van der Waals surface area contributed by atoms with Crippen molar-refractivity contribution in [1.82, 2.24) is 9.38 Å². The van der Waals surface area contributed by atoms with E-state index in [-0.39, 0.29) is 5.56 Å². The molecule has 1 aliphatic carbocycles. The second-order valence-electron chi connectivity index (χ2n) is 4.83. The molecule has 2 heterocycles. The predicted octanol–water partition coefficient (Wildman–Crippen LogP) is 3.26. The van der Waals surface area contributed by atoms with Gasteiger partial charge in [-0.3, -0.25) is 0 Å². The van der Waals surface area contributed by atoms with Gasteiger partial charge in [-0.05, 0) is 29.8 Å². The maximum absolute atomic E-state index is 11.0. The first-order chi connectivity index (χ1) is 9.63. The molecule has 4 nitrogen and oxygen atoms in total. The van der Waals surface area contributed by atoms with E-state index in [1.54, 1.807) is 18.3 Å². The molecule has 0 bridgehead atoms. The Morgan fingerprint density at radius 2 is 2.15 bits per heavy atom. The molecular formula is C15H9ClN2O2. The highest BCUT2D eigenvalue weighted by molar-refractivity contribution is 6.30. The number of carboxylic acid groups (broad SMARTS) is 1. The summed E-state index contributed by atoms with van der Waals surface area (Å²) >= 11 is 6.01. The first kappa shape index (κ1) is 11.5. The van der Waals surface area contributed by atoms with Crippen molar-refractivity contribution in [2.24, 2.45) is 0 Å². The van der Waals surface area contributed by atoms with Crippen molar-refractivity contribution in [2.75, 3.05) is 0 Å². The van der Waals surface area contributed by atoms with Crippen LogP contribution in [0.2, 0.25) is 5.02 Å². The number of hydrogen-bond acceptors (Lipinski definition) is 2. The van der Waals surface area contributed by atoms with Gasteiger partial charge < -0.3 is 9.51 Å². The van der Waals surface area contributed by atoms with E-state index in [0.717, 1.165) is 34.0 Å². The number of benzene rings is 1. The van der Waals surface area contributed by atoms with Crippen LogP contribution < -0.4 is 0 Å². The summed E-state index contributed by atoms with van der Waals surface area (Å²) in [6.45, 7) is 0. The number of hydrogen-bond donors (Lipinski definition) is 1. The largest absolute Gasteiger partial charge is 0.478 e. The monoisotopic (exact) mass is 284 g/mol. The third-order valence-electron chi connectivity index (χ3n) is 3.65. The van der Waals surface area contributed by atoms with Crippen LogP contribution in [0.4, 0.5) is 0 Å². The van der Waals surface area contributed by atoms with E-state index < -0.39 is 5.97 Å². The Bertz CT molecular complexity index is 883. The zero-order valence-corrected chi connectivity index (χ0v) is 11.1. The molecule has 0 atom stereocenters. The van der Waals surface area contributed by atoms with Crippen molar-refractivity contribution in [2.45, 2.75) is 6.42 Å². The van der Waals surface area contributed by atoms with Crippen molar-refractivity contribution in [3.8, 4) is 11.3 Å². The van der Waals surface area contributed by atoms with Gasteiger partial charge in [-0.2, -0.15) is 0 Å². The SMILES string of the molecule is O=C(O)c1ccn2c3c(nc2c1)-c1ccc(Cl)cc1C3. The van der Waals surface area contributed by atoms with E-state index in [9.17, 15) is 4.79 Å². The fraction of sp³-hybridized carbons (Fsp3) is 0.0667. The fourth-order valence-electron chi connectivity index (χ4n) is 2.73. The van der Waals surface area contributed by atoms with E-state index in [0.29, 0.717) is 5.65 Å². The molecule has 1 N–H and O–H groups in total. The van der Waals surface area contributed by atoms with Gasteiger partial charge in [0.2, 0.25) is 0 Å². The second-order valence-corrected chi connectivity index (χ2v) is 5.27. The number of nitrogens with zero attached hydrogens (tertiary/aromatic N) is 2. The lowest BCUT2D eigenvalue weighted by Gasteiger charge is -2.01. The third kappa shape index (κ3) is 1.48. The summed E-state index contributed by atoms with van der Waals surface area (Å²) in [5.41, 5.74) is 5.14. The van der Waals surface area contributed by atoms with Gasteiger partial charge in [0.05, 0.1) is 17.0 Å². The number of halogens is 1. The minimum absolute atomic E-state index is 0.248. The van der Waals surface area contributed by atoms with Crippen LogP contribution in [0.5, 0.6) is 0 Å². The molecule has 4 rings (SSSR count). The van der Waals surface area contributed by atoms with Crippen molar-refractivity contribution >= 4 is 23.2 Å². The summed E-state index contributed by atoms with van der Waals surface area (Å²) in [7, 11) is 0. The molecule has 0 amide bonds. The molecule has 5 heteroatoms. The van der Waals surface area contributed by atoms with Crippen LogP contribution in [0, 0.1) is 0 Å². The Kier molecular flexibility index (Phi) is 2.20. The standard InChI is InChI=1S/C15H9ClN2O2/c16-10-1-2-11-9(5-10)6-12-14(11)17-13-7-8(15(19)20)3-4-18(12)13/h1-5,7H,6H2,(H,19,20). The van der Waals surface area contributed by atoms with Crippen LogP contribution in [-0.2, 0) is 6.42 Å². The number of rotatable bonds is 1. The van der Waals surface area contributed by atoms with Gasteiger partial charge in [0.15, 0.2) is 0 Å². The number of pyridine rings is 1. The van der Waals surface area contributed by atoms with E-state index in [2.05, 4.69) is 4.98 Å². The van der Waals surface area contributed by atoms with Gasteiger partial charge >= 0.3 is 5.97 Å². The Hall–Kier alpha value is -2.33. The normalized spacial score (nSPS) is 12.4. The molecule has 98 valence electrons. The molecule has 0 radical (unpaired) electrons. The highest BCUT2D eigenvalue weighted by atomic mass is 35.5. The number of fused-ring (bicyclic) bond motifs is 5. The lowest BCUT2D eigenvalue weighted by atomic mass is 10.1. The minimum atomic E-state index is -0.942. The Morgan fingerprint density at radius 1 is 1.30 bits per heavy atom. The van der Waals surface area contributed by atoms with Crippen molar-refractivity contribution < 1.29 is 9.90 Å². The number of carbonyl (C=O) groups is 1. The first-order valence-corrected chi connectivity index (χ1v) is 6.54. The average molecular weight is 285 g/mol. The summed E-state index contributed by atoms with van der Waals surface area (Å²) in [5, 5.41) is 9.75. The molecule has 0 aliphatic heterocycles. The van der Waals surface area contributed by atoms with Crippen molar-refractivity contribution in [3.63, 3.8) is 0 Å². The van der Waals surface area contributed by atoms with Crippen LogP contribution in [0.3, 0.4) is 0 Å². The Labute approximate surface area is 119 Å². The topological polar surface area (TPSA) is 54.6 Å². The number of aromatic nitrogens is 2. The first-order valence-electron chi connectivity index (χ1n) is 6.16. The quantitative estimate of drug-likeness (QED) is 0.584. The molecule has 1 aromatic carbocycles. The van der Waals surface area contributed by atoms with E-state index in [1.165, 1.54) is 0 Å². The highest BCUT2D eigenvalue weighted by Gasteiger charge is 2.24. The minimum Gasteiger partial charge on any atom is -0.478 e. The maximum Gasteiger partial charge on any atom is 0.335 e. The maximum atomic E-state index is 11.0. The van der Waals surface area contributed by atoms with Crippen molar-refractivity contribution in [3.05, 3.63) is 58.4 Å². The van der Waals surface area contributed by atoms with Gasteiger partial charge in [-0.1, -0.05) is 17.7 Å². The van der Waals surface area contributed by atoms with Crippen LogP contribution in [0.1, 0.15) is 21.6 Å². The highest BCUT2D eigenvalue weighted by Crippen LogP contribution is 2.37. The summed E-state index contributed by atoms with van der Waals surface area (Å²) in [5.74, 6) is -0.942. The van der Waals surface area contributed by atoms with E-state index in [4.69, 9.17) is 16.7 Å². The molecule has 0 spiro atoms. The molecule has 3 aromatic rings.